The minimum atomic E-state index is -5.11. The summed E-state index contributed by atoms with van der Waals surface area (Å²) in [5.74, 6) is 1.21. The van der Waals surface area contributed by atoms with Gasteiger partial charge >= 0.3 is 15.4 Å². The van der Waals surface area contributed by atoms with Crippen LogP contribution in [0.3, 0.4) is 0 Å². The quantitative estimate of drug-likeness (QED) is 0.0769. The summed E-state index contributed by atoms with van der Waals surface area (Å²) in [7, 11) is -9.85. The second-order valence-electron chi connectivity index (χ2n) is 9.52. The molecule has 224 valence electrons. The van der Waals surface area contributed by atoms with Gasteiger partial charge in [0.1, 0.15) is 30.2 Å². The molecule has 40 heavy (non-hydrogen) atoms. The lowest BCUT2D eigenvalue weighted by atomic mass is 9.93. The van der Waals surface area contributed by atoms with Crippen LogP contribution in [0.5, 0.6) is 0 Å². The van der Waals surface area contributed by atoms with E-state index in [9.17, 15) is 24.4 Å². The molecule has 5 rings (SSSR count). The summed E-state index contributed by atoms with van der Waals surface area (Å²) in [6, 6.07) is 0. The third kappa shape index (κ3) is 5.78. The van der Waals surface area contributed by atoms with Crippen LogP contribution < -0.4 is 4.90 Å². The van der Waals surface area contributed by atoms with E-state index >= 15 is 0 Å². The third-order valence-corrected chi connectivity index (χ3v) is 8.84. The molecule has 6 N–H and O–H groups in total. The first-order valence-corrected chi connectivity index (χ1v) is 15.3. The highest BCUT2D eigenvalue weighted by atomic mass is 35.5. The molecule has 0 aliphatic carbocycles. The fraction of sp³-hybridized carbons (Fsp3) is 0.722. The molecule has 19 nitrogen and oxygen atoms in total. The fourth-order valence-corrected chi connectivity index (χ4v) is 6.58. The smallest absolute Gasteiger partial charge is 0.393 e. The first kappa shape index (κ1) is 30.1. The van der Waals surface area contributed by atoms with E-state index in [1.807, 2.05) is 4.90 Å². The Labute approximate surface area is 229 Å². The number of nitrogens with zero attached hydrogens (tertiary/aromatic N) is 5. The van der Waals surface area contributed by atoms with Crippen molar-refractivity contribution in [2.75, 3.05) is 50.8 Å². The molecule has 3 fully saturated rings. The number of rotatable bonds is 11. The predicted molar refractivity (Wildman–Crippen MR) is 129 cm³/mol. The van der Waals surface area contributed by atoms with Gasteiger partial charge in [0.25, 0.3) is 0 Å². The maximum atomic E-state index is 12.2. The zero-order valence-corrected chi connectivity index (χ0v) is 22.9. The van der Waals surface area contributed by atoms with Crippen molar-refractivity contribution in [3.8, 4) is 0 Å². The van der Waals surface area contributed by atoms with Gasteiger partial charge in [0.05, 0.1) is 31.4 Å². The van der Waals surface area contributed by atoms with Crippen LogP contribution in [0.4, 0.5) is 5.82 Å². The Morgan fingerprint density at radius 2 is 1.90 bits per heavy atom. The van der Waals surface area contributed by atoms with Crippen LogP contribution in [-0.2, 0) is 37.4 Å². The van der Waals surface area contributed by atoms with Crippen molar-refractivity contribution in [1.82, 2.24) is 19.7 Å². The zero-order valence-electron chi connectivity index (χ0n) is 20.4. The van der Waals surface area contributed by atoms with E-state index in [4.69, 9.17) is 41.0 Å². The van der Waals surface area contributed by atoms with Crippen molar-refractivity contribution in [3.63, 3.8) is 0 Å². The first-order valence-electron chi connectivity index (χ1n) is 11.7. The summed E-state index contributed by atoms with van der Waals surface area (Å²) in [4.78, 5) is 32.8. The second kappa shape index (κ2) is 11.4. The Kier molecular flexibility index (Phi) is 8.55. The van der Waals surface area contributed by atoms with E-state index in [0.717, 1.165) is 4.68 Å². The molecule has 0 bridgehead atoms. The van der Waals surface area contributed by atoms with Crippen LogP contribution >= 0.6 is 27.0 Å². The van der Waals surface area contributed by atoms with E-state index in [0.29, 0.717) is 49.3 Å². The highest BCUT2D eigenvalue weighted by molar-refractivity contribution is 7.54. The van der Waals surface area contributed by atoms with Gasteiger partial charge in [-0.05, 0) is 11.6 Å². The van der Waals surface area contributed by atoms with Gasteiger partial charge in [0.2, 0.25) is 5.28 Å². The molecule has 4 unspecified atom stereocenters. The molecular formula is C18H26ClN5O14P2. The van der Waals surface area contributed by atoms with Crippen molar-refractivity contribution >= 4 is 43.9 Å². The summed E-state index contributed by atoms with van der Waals surface area (Å²) in [6.45, 7) is 0.804. The standard InChI is InChI=1S/C18H26ClN5O14P2/c19-17-21-14(23-2-9-4-33-5-10(9)3-23)11-1-20-24(15(11)22-17)16-13(26)18(27,7-25)12(36-16)6-34-38-39(29,37-28)8-35-40(30,31)32/h1,9-10,12-13,16,25-28H,2-8H2,(H2,30,31,32)/t9?,10?,12-,13+,16-,18?,39?/m1/s1. The van der Waals surface area contributed by atoms with Crippen LogP contribution in [-0.4, -0.2) is 114 Å². The molecule has 3 saturated heterocycles. The number of ether oxygens (including phenoxy) is 2. The Morgan fingerprint density at radius 3 is 2.52 bits per heavy atom. The predicted octanol–water partition coefficient (Wildman–Crippen LogP) is -0.758. The van der Waals surface area contributed by atoms with Gasteiger partial charge in [-0.3, -0.25) is 9.09 Å². The van der Waals surface area contributed by atoms with Crippen molar-refractivity contribution in [3.05, 3.63) is 11.5 Å². The monoisotopic (exact) mass is 633 g/mol. The van der Waals surface area contributed by atoms with Crippen molar-refractivity contribution in [2.24, 2.45) is 11.8 Å². The average Bonchev–Trinajstić information content (AvgIpc) is 3.66. The zero-order chi connectivity index (χ0) is 28.9. The van der Waals surface area contributed by atoms with E-state index in [1.54, 1.807) is 0 Å². The summed E-state index contributed by atoms with van der Waals surface area (Å²) >= 11 is 6.22. The number of halogens is 1. The minimum Gasteiger partial charge on any atom is -0.393 e. The second-order valence-corrected chi connectivity index (χ2v) is 12.9. The van der Waals surface area contributed by atoms with E-state index in [2.05, 4.69) is 28.9 Å². The lowest BCUT2D eigenvalue weighted by Gasteiger charge is -2.28. The Bertz CT molecular complexity index is 1320. The number of phosphoric ester groups is 1. The number of aromatic nitrogens is 4. The highest BCUT2D eigenvalue weighted by Crippen LogP contribution is 2.52. The molecule has 3 aliphatic heterocycles. The lowest BCUT2D eigenvalue weighted by Crippen LogP contribution is -2.52. The van der Waals surface area contributed by atoms with Gasteiger partial charge in [-0.25, -0.2) is 19.4 Å². The maximum absolute atomic E-state index is 12.2. The molecule has 22 heteroatoms. The molecule has 7 atom stereocenters. The van der Waals surface area contributed by atoms with Gasteiger partial charge in [0.15, 0.2) is 18.2 Å². The molecule has 0 aromatic carbocycles. The summed E-state index contributed by atoms with van der Waals surface area (Å²) in [6.07, 6.45) is -4.76. The summed E-state index contributed by atoms with van der Waals surface area (Å²) < 4.78 is 47.4. The number of aliphatic hydroxyl groups is 3. The molecule has 2 aromatic heterocycles. The Hall–Kier alpha value is -1.38. The molecule has 0 saturated carbocycles. The van der Waals surface area contributed by atoms with Crippen molar-refractivity contribution in [1.29, 1.82) is 0 Å². The molecule has 0 radical (unpaired) electrons. The average molecular weight is 634 g/mol. The molecular weight excluding hydrogens is 608 g/mol. The van der Waals surface area contributed by atoms with Crippen LogP contribution in [0.25, 0.3) is 11.0 Å². The van der Waals surface area contributed by atoms with Gasteiger partial charge < -0.3 is 39.5 Å². The largest absolute Gasteiger partial charge is 0.470 e. The maximum Gasteiger partial charge on any atom is 0.470 e. The van der Waals surface area contributed by atoms with Crippen molar-refractivity contribution < 1.29 is 67.7 Å². The number of hydrogen-bond donors (Lipinski definition) is 6. The SMILES string of the molecule is O=P(O)(O)OCP(=O)(OO)OOC[C@H]1O[C@@H](n2ncc3c(N4CC5COCC5C4)nc(Cl)nc32)[C@H](O)C1(O)CO. The fourth-order valence-electron chi connectivity index (χ4n) is 4.92. The van der Waals surface area contributed by atoms with Crippen LogP contribution in [0.15, 0.2) is 6.20 Å². The molecule has 0 spiro atoms. The Morgan fingerprint density at radius 1 is 1.20 bits per heavy atom. The first-order chi connectivity index (χ1) is 18.9. The van der Waals surface area contributed by atoms with E-state index in [-0.39, 0.29) is 10.9 Å². The van der Waals surface area contributed by atoms with Gasteiger partial charge in [0, 0.05) is 24.9 Å². The van der Waals surface area contributed by atoms with Gasteiger partial charge in [-0.15, -0.1) is 9.35 Å². The topological polar surface area (TPSA) is 258 Å². The van der Waals surface area contributed by atoms with Crippen LogP contribution in [0.1, 0.15) is 6.23 Å². The molecule has 3 aliphatic rings. The number of fused-ring (bicyclic) bond motifs is 2. The molecule has 5 heterocycles. The lowest BCUT2D eigenvalue weighted by molar-refractivity contribution is -0.269. The van der Waals surface area contributed by atoms with Crippen LogP contribution in [0.2, 0.25) is 5.28 Å². The Balaban J connectivity index is 1.34. The highest BCUT2D eigenvalue weighted by Gasteiger charge is 2.57. The van der Waals surface area contributed by atoms with Crippen LogP contribution in [0, 0.1) is 11.8 Å². The van der Waals surface area contributed by atoms with E-state index in [1.165, 1.54) is 6.20 Å². The number of hydrogen-bond acceptors (Lipinski definition) is 16. The molecule has 0 amide bonds. The number of aliphatic hydroxyl groups excluding tert-OH is 2. The number of anilines is 1. The number of phosphoric acid groups is 1. The minimum absolute atomic E-state index is 0.104. The summed E-state index contributed by atoms with van der Waals surface area (Å²) in [5.41, 5.74) is -2.21. The van der Waals surface area contributed by atoms with Gasteiger partial charge in [-0.1, -0.05) is 0 Å². The molecule has 2 aromatic rings. The summed E-state index contributed by atoms with van der Waals surface area (Å²) in [5, 5.41) is 45.2. The third-order valence-electron chi connectivity index (χ3n) is 6.98. The van der Waals surface area contributed by atoms with Crippen molar-refractivity contribution in [2.45, 2.75) is 24.0 Å². The van der Waals surface area contributed by atoms with E-state index < -0.39 is 59.0 Å². The van der Waals surface area contributed by atoms with Gasteiger partial charge in [-0.2, -0.15) is 15.1 Å². The normalized spacial score (nSPS) is 32.2.